The van der Waals surface area contributed by atoms with Gasteiger partial charge in [-0.15, -0.1) is 22.7 Å². The molecule has 0 bridgehead atoms. The molecule has 1 N–H and O–H groups in total. The van der Waals surface area contributed by atoms with Gasteiger partial charge in [0.15, 0.2) is 5.71 Å². The maximum absolute atomic E-state index is 13.4. The van der Waals surface area contributed by atoms with Crippen molar-refractivity contribution in [1.29, 1.82) is 0 Å². The molecule has 0 aliphatic carbocycles. The number of amides is 1. The number of nitrogens with one attached hydrogen (secondary N) is 1. The normalized spacial score (nSPS) is 14.6. The topological polar surface area (TPSA) is 92.1 Å². The Labute approximate surface area is 204 Å². The van der Waals surface area contributed by atoms with Gasteiger partial charge in [0.25, 0.3) is 0 Å². The molecule has 0 saturated heterocycles. The minimum Gasteiger partial charge on any atom is -0.497 e. The molecule has 2 aromatic carbocycles. The van der Waals surface area contributed by atoms with Gasteiger partial charge in [0, 0.05) is 21.4 Å². The smallest absolute Gasteiger partial charge is 0.303 e. The summed E-state index contributed by atoms with van der Waals surface area (Å²) in [6, 6.07) is 17.1. The van der Waals surface area contributed by atoms with Crippen molar-refractivity contribution in [3.63, 3.8) is 0 Å². The maximum Gasteiger partial charge on any atom is 0.303 e. The zero-order valence-corrected chi connectivity index (χ0v) is 20.3. The van der Waals surface area contributed by atoms with Gasteiger partial charge in [-0.3, -0.25) is 10.2 Å². The monoisotopic (exact) mass is 488 g/mol. The van der Waals surface area contributed by atoms with Crippen molar-refractivity contribution in [2.24, 2.45) is 10.2 Å². The minimum absolute atomic E-state index is 0.187. The lowest BCUT2D eigenvalue weighted by atomic mass is 10.1. The first-order chi connectivity index (χ1) is 16.5. The predicted octanol–water partition coefficient (Wildman–Crippen LogP) is 5.11. The molecule has 34 heavy (non-hydrogen) atoms. The average molecular weight is 489 g/mol. The van der Waals surface area contributed by atoms with Crippen LogP contribution < -0.4 is 15.2 Å². The molecule has 0 unspecified atom stereocenters. The molecule has 0 atom stereocenters. The van der Waals surface area contributed by atoms with Crippen molar-refractivity contribution >= 4 is 50.3 Å². The van der Waals surface area contributed by atoms with E-state index < -0.39 is 0 Å². The van der Waals surface area contributed by atoms with Crippen LogP contribution in [-0.4, -0.2) is 34.4 Å². The van der Waals surface area contributed by atoms with E-state index in [4.69, 9.17) is 4.74 Å². The number of benzene rings is 2. The van der Waals surface area contributed by atoms with E-state index in [1.807, 2.05) is 73.8 Å². The number of hydrazone groups is 2. The van der Waals surface area contributed by atoms with E-state index in [9.17, 15) is 4.79 Å². The summed E-state index contributed by atoms with van der Waals surface area (Å²) < 4.78 is 5.26. The Morgan fingerprint density at radius 3 is 2.44 bits per heavy atom. The molecule has 1 aliphatic heterocycles. The fourth-order valence-electron chi connectivity index (χ4n) is 3.30. The lowest BCUT2D eigenvalue weighted by Gasteiger charge is -2.06. The number of hydrogen-bond acceptors (Lipinski definition) is 9. The van der Waals surface area contributed by atoms with E-state index in [1.54, 1.807) is 7.11 Å². The van der Waals surface area contributed by atoms with Crippen molar-refractivity contribution in [1.82, 2.24) is 9.97 Å². The SMILES string of the molecule is COc1ccc(C2=NN(c3nc(-c4ccccc4)cs3)C(=O)/C2=N\Nc2nc(C)c(C)s2)cc1. The first kappa shape index (κ1) is 21.9. The third kappa shape index (κ3) is 4.20. The summed E-state index contributed by atoms with van der Waals surface area (Å²) >= 11 is 2.83. The first-order valence-corrected chi connectivity index (χ1v) is 12.1. The number of carbonyl (C=O) groups excluding carboxylic acids is 1. The van der Waals surface area contributed by atoms with Crippen molar-refractivity contribution in [2.45, 2.75) is 13.8 Å². The van der Waals surface area contributed by atoms with Crippen LogP contribution in [0.5, 0.6) is 5.75 Å². The van der Waals surface area contributed by atoms with Crippen molar-refractivity contribution in [3.8, 4) is 17.0 Å². The first-order valence-electron chi connectivity index (χ1n) is 10.4. The van der Waals surface area contributed by atoms with E-state index >= 15 is 0 Å². The lowest BCUT2D eigenvalue weighted by molar-refractivity contribution is -0.112. The number of ether oxygens (including phenoxy) is 1. The third-order valence-corrected chi connectivity index (χ3v) is 7.01. The van der Waals surface area contributed by atoms with E-state index in [-0.39, 0.29) is 11.6 Å². The number of aromatic nitrogens is 2. The zero-order chi connectivity index (χ0) is 23.7. The average Bonchev–Trinajstić information content (AvgIpc) is 3.56. The van der Waals surface area contributed by atoms with Gasteiger partial charge >= 0.3 is 5.91 Å². The summed E-state index contributed by atoms with van der Waals surface area (Å²) in [7, 11) is 1.61. The fourth-order valence-corrected chi connectivity index (χ4v) is 4.83. The molecule has 4 aromatic rings. The lowest BCUT2D eigenvalue weighted by Crippen LogP contribution is -2.28. The highest BCUT2D eigenvalue weighted by Gasteiger charge is 2.36. The van der Waals surface area contributed by atoms with Crippen LogP contribution in [0.2, 0.25) is 0 Å². The number of methoxy groups -OCH3 is 1. The second-order valence-corrected chi connectivity index (χ2v) is 9.45. The Morgan fingerprint density at radius 2 is 1.76 bits per heavy atom. The van der Waals surface area contributed by atoms with E-state index in [0.717, 1.165) is 27.4 Å². The maximum atomic E-state index is 13.4. The van der Waals surface area contributed by atoms with Crippen LogP contribution in [0.25, 0.3) is 11.3 Å². The molecule has 0 fully saturated rings. The van der Waals surface area contributed by atoms with Gasteiger partial charge in [-0.05, 0) is 38.1 Å². The summed E-state index contributed by atoms with van der Waals surface area (Å²) in [5.74, 6) is 0.348. The van der Waals surface area contributed by atoms with Crippen LogP contribution in [0.15, 0.2) is 70.2 Å². The van der Waals surface area contributed by atoms with Crippen LogP contribution >= 0.6 is 22.7 Å². The van der Waals surface area contributed by atoms with Crippen molar-refractivity contribution in [2.75, 3.05) is 17.5 Å². The molecule has 1 amide bonds. The minimum atomic E-state index is -0.364. The van der Waals surface area contributed by atoms with Crippen LogP contribution in [-0.2, 0) is 4.79 Å². The zero-order valence-electron chi connectivity index (χ0n) is 18.6. The molecule has 10 heteroatoms. The highest BCUT2D eigenvalue weighted by molar-refractivity contribution is 7.15. The summed E-state index contributed by atoms with van der Waals surface area (Å²) in [6.07, 6.45) is 0. The molecule has 0 saturated carbocycles. The Balaban J connectivity index is 1.51. The van der Waals surface area contributed by atoms with Crippen molar-refractivity contribution in [3.05, 3.63) is 76.1 Å². The van der Waals surface area contributed by atoms with Gasteiger partial charge in [0.2, 0.25) is 10.3 Å². The standard InChI is InChI=1S/C24H20N6O2S2/c1-14-15(2)34-23(25-14)28-27-21-20(17-9-11-18(32-3)12-10-17)29-30(22(21)31)24-26-19(13-33-24)16-7-5-4-6-8-16/h4-13H,1-3H3,(H,25,28)/b27-21-. The molecule has 1 aliphatic rings. The number of hydrogen-bond donors (Lipinski definition) is 1. The van der Waals surface area contributed by atoms with E-state index in [2.05, 4.69) is 25.6 Å². The van der Waals surface area contributed by atoms with Gasteiger partial charge in [0.05, 0.1) is 18.5 Å². The Hall–Kier alpha value is -3.89. The number of thiazole rings is 2. The Morgan fingerprint density at radius 1 is 1.00 bits per heavy atom. The summed E-state index contributed by atoms with van der Waals surface area (Å²) in [5.41, 5.74) is 6.98. The number of carbonyl (C=O) groups is 1. The van der Waals surface area contributed by atoms with Crippen LogP contribution in [0, 0.1) is 13.8 Å². The van der Waals surface area contributed by atoms with Crippen LogP contribution in [0.4, 0.5) is 10.3 Å². The van der Waals surface area contributed by atoms with Gasteiger partial charge in [-0.25, -0.2) is 9.97 Å². The second-order valence-electron chi connectivity index (χ2n) is 7.41. The van der Waals surface area contributed by atoms with Gasteiger partial charge in [0.1, 0.15) is 11.5 Å². The summed E-state index contributed by atoms with van der Waals surface area (Å²) in [5, 5.41) is 13.3. The number of anilines is 2. The summed E-state index contributed by atoms with van der Waals surface area (Å²) in [4.78, 5) is 23.6. The van der Waals surface area contributed by atoms with Gasteiger partial charge < -0.3 is 4.74 Å². The van der Waals surface area contributed by atoms with Gasteiger partial charge in [-0.2, -0.15) is 15.2 Å². The van der Waals surface area contributed by atoms with Crippen molar-refractivity contribution < 1.29 is 9.53 Å². The third-order valence-electron chi connectivity index (χ3n) is 5.22. The molecule has 2 aromatic heterocycles. The molecule has 3 heterocycles. The molecule has 5 rings (SSSR count). The Bertz CT molecular complexity index is 1390. The number of aryl methyl sites for hydroxylation is 2. The van der Waals surface area contributed by atoms with Crippen LogP contribution in [0.1, 0.15) is 16.1 Å². The molecular formula is C24H20N6O2S2. The second kappa shape index (κ2) is 9.16. The van der Waals surface area contributed by atoms with E-state index in [1.165, 1.54) is 27.7 Å². The molecule has 170 valence electrons. The van der Waals surface area contributed by atoms with Crippen LogP contribution in [0.3, 0.4) is 0 Å². The number of nitrogens with zero attached hydrogens (tertiary/aromatic N) is 5. The Kier molecular flexibility index (Phi) is 5.91. The molecule has 8 nitrogen and oxygen atoms in total. The highest BCUT2D eigenvalue weighted by Crippen LogP contribution is 2.30. The largest absolute Gasteiger partial charge is 0.497 e. The number of rotatable bonds is 6. The van der Waals surface area contributed by atoms with Gasteiger partial charge in [-0.1, -0.05) is 30.3 Å². The highest BCUT2D eigenvalue weighted by atomic mass is 32.1. The quantitative estimate of drug-likeness (QED) is 0.381. The van der Waals surface area contributed by atoms with E-state index in [0.29, 0.717) is 21.7 Å². The summed E-state index contributed by atoms with van der Waals surface area (Å²) in [6.45, 7) is 3.93. The molecular weight excluding hydrogens is 468 g/mol. The predicted molar refractivity (Wildman–Crippen MR) is 137 cm³/mol. The molecule has 0 spiro atoms. The fraction of sp³-hybridized carbons (Fsp3) is 0.125. The molecule has 0 radical (unpaired) electrons.